The minimum absolute atomic E-state index is 0.283. The summed E-state index contributed by atoms with van der Waals surface area (Å²) in [6.45, 7) is 2.24. The molecular formula is C22H25FN2O4. The van der Waals surface area contributed by atoms with Crippen molar-refractivity contribution in [3.8, 4) is 5.75 Å². The zero-order valence-electron chi connectivity index (χ0n) is 16.3. The molecular weight excluding hydrogens is 375 g/mol. The minimum atomic E-state index is -0.573. The number of carbonyl (C=O) groups excluding carboxylic acids is 1. The first-order valence-electron chi connectivity index (χ1n) is 9.87. The number of hydrogen-bond acceptors (Lipinski definition) is 6. The van der Waals surface area contributed by atoms with Crippen molar-refractivity contribution in [1.82, 2.24) is 9.88 Å². The van der Waals surface area contributed by atoms with Crippen LogP contribution in [0.5, 0.6) is 5.75 Å². The molecule has 1 aromatic carbocycles. The van der Waals surface area contributed by atoms with Gasteiger partial charge < -0.3 is 14.6 Å². The summed E-state index contributed by atoms with van der Waals surface area (Å²) in [4.78, 5) is 17.8. The van der Waals surface area contributed by atoms with Crippen molar-refractivity contribution in [2.24, 2.45) is 11.8 Å². The Morgan fingerprint density at radius 2 is 2.07 bits per heavy atom. The van der Waals surface area contributed by atoms with Crippen LogP contribution in [0.15, 0.2) is 42.7 Å². The summed E-state index contributed by atoms with van der Waals surface area (Å²) in [6.07, 6.45) is 3.33. The monoisotopic (exact) mass is 400 g/mol. The van der Waals surface area contributed by atoms with Crippen LogP contribution in [-0.4, -0.2) is 53.4 Å². The molecule has 1 saturated carbocycles. The third kappa shape index (κ3) is 4.41. The smallest absolute Gasteiger partial charge is 0.337 e. The van der Waals surface area contributed by atoms with Crippen LogP contribution < -0.4 is 4.74 Å². The van der Waals surface area contributed by atoms with E-state index in [9.17, 15) is 14.3 Å². The molecule has 2 aromatic rings. The van der Waals surface area contributed by atoms with Gasteiger partial charge in [-0.25, -0.2) is 9.18 Å². The van der Waals surface area contributed by atoms with Gasteiger partial charge in [0, 0.05) is 31.4 Å². The molecule has 29 heavy (non-hydrogen) atoms. The highest BCUT2D eigenvalue weighted by atomic mass is 19.1. The number of methoxy groups -OCH3 is 1. The van der Waals surface area contributed by atoms with Crippen molar-refractivity contribution in [2.45, 2.75) is 31.6 Å². The van der Waals surface area contributed by atoms with Crippen LogP contribution >= 0.6 is 0 Å². The normalized spacial score (nSPS) is 26.7. The van der Waals surface area contributed by atoms with E-state index in [4.69, 9.17) is 9.47 Å². The van der Waals surface area contributed by atoms with Crippen molar-refractivity contribution in [3.05, 3.63) is 59.7 Å². The van der Waals surface area contributed by atoms with Gasteiger partial charge in [0.15, 0.2) is 0 Å². The number of aromatic nitrogens is 1. The molecule has 1 saturated heterocycles. The van der Waals surface area contributed by atoms with Gasteiger partial charge in [0.2, 0.25) is 0 Å². The highest BCUT2D eigenvalue weighted by Crippen LogP contribution is 2.38. The highest BCUT2D eigenvalue weighted by Gasteiger charge is 2.42. The van der Waals surface area contributed by atoms with Crippen molar-refractivity contribution in [2.75, 3.05) is 20.2 Å². The van der Waals surface area contributed by atoms with Gasteiger partial charge in [-0.1, -0.05) is 6.07 Å². The van der Waals surface area contributed by atoms with Crippen molar-refractivity contribution >= 4 is 5.97 Å². The predicted molar refractivity (Wildman–Crippen MR) is 104 cm³/mol. The summed E-state index contributed by atoms with van der Waals surface area (Å²) in [5.41, 5.74) is 1.06. The maximum atomic E-state index is 13.9. The topological polar surface area (TPSA) is 71.9 Å². The summed E-state index contributed by atoms with van der Waals surface area (Å²) < 4.78 is 24.7. The van der Waals surface area contributed by atoms with Crippen LogP contribution in [0.25, 0.3) is 0 Å². The molecule has 2 fully saturated rings. The summed E-state index contributed by atoms with van der Waals surface area (Å²) in [6, 6.07) is 8.53. The Kier molecular flexibility index (Phi) is 5.78. The fourth-order valence-electron chi connectivity index (χ4n) is 4.51. The maximum absolute atomic E-state index is 13.9. The van der Waals surface area contributed by atoms with Gasteiger partial charge >= 0.3 is 5.97 Å². The lowest BCUT2D eigenvalue weighted by Crippen LogP contribution is -2.42. The minimum Gasteiger partial charge on any atom is -0.488 e. The SMILES string of the molecule is COC(=O)c1cccc(O[C@@H]2C[C@@H]3CN(Cc4ccncc4F)C[C@@H]3C[C@H]2O)c1. The van der Waals surface area contributed by atoms with E-state index in [0.717, 1.165) is 19.5 Å². The first kappa shape index (κ1) is 19.8. The summed E-state index contributed by atoms with van der Waals surface area (Å²) in [5, 5.41) is 10.6. The number of fused-ring (bicyclic) bond motifs is 1. The molecule has 0 unspecified atom stereocenters. The van der Waals surface area contributed by atoms with Gasteiger partial charge in [-0.05, 0) is 48.9 Å². The van der Waals surface area contributed by atoms with Crippen LogP contribution in [0.2, 0.25) is 0 Å². The number of nitrogens with zero attached hydrogens (tertiary/aromatic N) is 2. The van der Waals surface area contributed by atoms with Gasteiger partial charge in [-0.3, -0.25) is 9.88 Å². The molecule has 1 aliphatic heterocycles. The molecule has 4 rings (SSSR count). The molecule has 1 aromatic heterocycles. The van der Waals surface area contributed by atoms with E-state index >= 15 is 0 Å². The van der Waals surface area contributed by atoms with E-state index in [2.05, 4.69) is 9.88 Å². The molecule has 2 aliphatic rings. The number of carbonyl (C=O) groups is 1. The van der Waals surface area contributed by atoms with Gasteiger partial charge in [-0.2, -0.15) is 0 Å². The van der Waals surface area contributed by atoms with Crippen LogP contribution in [-0.2, 0) is 11.3 Å². The van der Waals surface area contributed by atoms with Crippen LogP contribution in [0.3, 0.4) is 0 Å². The second kappa shape index (κ2) is 8.47. The number of ether oxygens (including phenoxy) is 2. The first-order chi connectivity index (χ1) is 14.0. The van der Waals surface area contributed by atoms with Gasteiger partial charge in [-0.15, -0.1) is 0 Å². The summed E-state index contributed by atoms with van der Waals surface area (Å²) in [7, 11) is 1.34. The Balaban J connectivity index is 1.39. The lowest BCUT2D eigenvalue weighted by molar-refractivity contribution is -0.0231. The average Bonchev–Trinajstić information content (AvgIpc) is 3.10. The number of pyridine rings is 1. The molecule has 0 spiro atoms. The molecule has 6 nitrogen and oxygen atoms in total. The molecule has 0 radical (unpaired) electrons. The fourth-order valence-corrected chi connectivity index (χ4v) is 4.51. The molecule has 1 N–H and O–H groups in total. The van der Waals surface area contributed by atoms with E-state index in [0.29, 0.717) is 41.7 Å². The number of aliphatic hydroxyl groups excluding tert-OH is 1. The standard InChI is InChI=1S/C22H25FN2O4/c1-28-22(27)14-3-2-4-18(7-14)29-21-9-17-13-25(12-16(17)8-20(21)26)11-15-5-6-24-10-19(15)23/h2-7,10,16-17,20-21,26H,8-9,11-13H2,1H3/t16-,17+,20+,21+/m0/s1. The van der Waals surface area contributed by atoms with Crippen LogP contribution in [0.1, 0.15) is 28.8 Å². The number of aliphatic hydroxyl groups is 1. The van der Waals surface area contributed by atoms with E-state index in [-0.39, 0.29) is 11.9 Å². The average molecular weight is 400 g/mol. The summed E-state index contributed by atoms with van der Waals surface area (Å²) in [5.74, 6) is 0.598. The highest BCUT2D eigenvalue weighted by molar-refractivity contribution is 5.89. The third-order valence-corrected chi connectivity index (χ3v) is 5.95. The van der Waals surface area contributed by atoms with Crippen molar-refractivity contribution in [1.29, 1.82) is 0 Å². The molecule has 0 amide bonds. The lowest BCUT2D eigenvalue weighted by atomic mass is 9.78. The largest absolute Gasteiger partial charge is 0.488 e. The van der Waals surface area contributed by atoms with Gasteiger partial charge in [0.1, 0.15) is 17.7 Å². The third-order valence-electron chi connectivity index (χ3n) is 5.95. The van der Waals surface area contributed by atoms with E-state index in [1.54, 1.807) is 36.5 Å². The van der Waals surface area contributed by atoms with Crippen molar-refractivity contribution in [3.63, 3.8) is 0 Å². The maximum Gasteiger partial charge on any atom is 0.337 e. The van der Waals surface area contributed by atoms with Gasteiger partial charge in [0.25, 0.3) is 0 Å². The van der Waals surface area contributed by atoms with Gasteiger partial charge in [0.05, 0.1) is 25.0 Å². The molecule has 7 heteroatoms. The Morgan fingerprint density at radius 1 is 1.28 bits per heavy atom. The second-order valence-electron chi connectivity index (χ2n) is 7.90. The number of rotatable bonds is 5. The molecule has 4 atom stereocenters. The van der Waals surface area contributed by atoms with E-state index < -0.39 is 12.1 Å². The number of hydrogen-bond donors (Lipinski definition) is 1. The number of esters is 1. The number of likely N-dealkylation sites (tertiary alicyclic amines) is 1. The molecule has 1 aliphatic carbocycles. The molecule has 154 valence electrons. The molecule has 0 bridgehead atoms. The first-order valence-corrected chi connectivity index (χ1v) is 9.87. The Bertz CT molecular complexity index is 877. The van der Waals surface area contributed by atoms with Crippen molar-refractivity contribution < 1.29 is 23.8 Å². The zero-order chi connectivity index (χ0) is 20.4. The molecule has 2 heterocycles. The fraction of sp³-hybridized carbons (Fsp3) is 0.455. The van der Waals surface area contributed by atoms with E-state index in [1.165, 1.54) is 13.3 Å². The lowest BCUT2D eigenvalue weighted by Gasteiger charge is -2.35. The van der Waals surface area contributed by atoms with E-state index in [1.807, 2.05) is 0 Å². The summed E-state index contributed by atoms with van der Waals surface area (Å²) >= 11 is 0. The second-order valence-corrected chi connectivity index (χ2v) is 7.90. The predicted octanol–water partition coefficient (Wildman–Crippen LogP) is 2.66. The number of benzene rings is 1. The Hall–Kier alpha value is -2.51. The Labute approximate surface area is 169 Å². The van der Waals surface area contributed by atoms with Crippen LogP contribution in [0.4, 0.5) is 4.39 Å². The zero-order valence-corrected chi connectivity index (χ0v) is 16.3. The number of halogens is 1. The van der Waals surface area contributed by atoms with Crippen LogP contribution in [0, 0.1) is 17.7 Å². The Morgan fingerprint density at radius 3 is 2.83 bits per heavy atom. The quantitative estimate of drug-likeness (QED) is 0.778.